The second-order valence-corrected chi connectivity index (χ2v) is 5.58. The van der Waals surface area contributed by atoms with Gasteiger partial charge < -0.3 is 10.2 Å². The summed E-state index contributed by atoms with van der Waals surface area (Å²) in [6.07, 6.45) is 5.17. The maximum Gasteiger partial charge on any atom is 0.322 e. The van der Waals surface area contributed by atoms with Crippen molar-refractivity contribution in [3.63, 3.8) is 0 Å². The largest absolute Gasteiger partial charge is 0.323 e. The lowest BCUT2D eigenvalue weighted by Crippen LogP contribution is -2.40. The Labute approximate surface area is 121 Å². The van der Waals surface area contributed by atoms with Crippen LogP contribution in [-0.2, 0) is 0 Å². The molecule has 1 aliphatic heterocycles. The van der Waals surface area contributed by atoms with Gasteiger partial charge in [0.25, 0.3) is 0 Å². The van der Waals surface area contributed by atoms with Crippen LogP contribution < -0.4 is 5.32 Å². The standard InChI is InChI=1S/C13H15N5OS/c19-13(17-7-9-20-10-8-17)16-11-3-1-4-14-12(11)18-6-2-5-15-18/h1-6H,7-10H2,(H,16,19). The number of rotatable bonds is 2. The minimum Gasteiger partial charge on any atom is -0.323 e. The maximum absolute atomic E-state index is 12.2. The van der Waals surface area contributed by atoms with E-state index in [2.05, 4.69) is 15.4 Å². The number of carbonyl (C=O) groups is 1. The summed E-state index contributed by atoms with van der Waals surface area (Å²) in [6.45, 7) is 1.57. The fourth-order valence-electron chi connectivity index (χ4n) is 2.03. The van der Waals surface area contributed by atoms with Crippen molar-refractivity contribution in [1.82, 2.24) is 19.7 Å². The molecule has 2 amide bonds. The van der Waals surface area contributed by atoms with Gasteiger partial charge in [0.2, 0.25) is 0 Å². The van der Waals surface area contributed by atoms with Crippen LogP contribution in [0.1, 0.15) is 0 Å². The number of nitrogens with zero attached hydrogens (tertiary/aromatic N) is 4. The molecule has 104 valence electrons. The van der Waals surface area contributed by atoms with Gasteiger partial charge >= 0.3 is 6.03 Å². The summed E-state index contributed by atoms with van der Waals surface area (Å²) in [5.41, 5.74) is 0.666. The van der Waals surface area contributed by atoms with Crippen molar-refractivity contribution >= 4 is 23.5 Å². The van der Waals surface area contributed by atoms with E-state index in [0.29, 0.717) is 11.5 Å². The molecule has 0 aliphatic carbocycles. The van der Waals surface area contributed by atoms with E-state index in [1.54, 1.807) is 29.3 Å². The van der Waals surface area contributed by atoms with E-state index in [9.17, 15) is 4.79 Å². The van der Waals surface area contributed by atoms with Gasteiger partial charge in [0, 0.05) is 43.2 Å². The SMILES string of the molecule is O=C(Nc1cccnc1-n1cccn1)N1CCSCC1. The number of anilines is 1. The molecule has 1 fully saturated rings. The Bertz CT molecular complexity index is 580. The summed E-state index contributed by atoms with van der Waals surface area (Å²) in [5, 5.41) is 7.08. The first-order valence-corrected chi connectivity index (χ1v) is 7.59. The first kappa shape index (κ1) is 13.0. The quantitative estimate of drug-likeness (QED) is 0.916. The van der Waals surface area contributed by atoms with Crippen molar-refractivity contribution < 1.29 is 4.79 Å². The molecule has 1 aliphatic rings. The van der Waals surface area contributed by atoms with Gasteiger partial charge in [0.1, 0.15) is 0 Å². The van der Waals surface area contributed by atoms with Gasteiger partial charge in [-0.15, -0.1) is 0 Å². The molecule has 7 heteroatoms. The van der Waals surface area contributed by atoms with Gasteiger partial charge in [0.15, 0.2) is 5.82 Å². The van der Waals surface area contributed by atoms with Crippen molar-refractivity contribution in [2.24, 2.45) is 0 Å². The molecule has 0 unspecified atom stereocenters. The van der Waals surface area contributed by atoms with E-state index in [4.69, 9.17) is 0 Å². The highest BCUT2D eigenvalue weighted by Crippen LogP contribution is 2.17. The number of thioether (sulfide) groups is 1. The molecule has 0 bridgehead atoms. The Morgan fingerprint density at radius 1 is 1.25 bits per heavy atom. The number of carbonyl (C=O) groups excluding carboxylic acids is 1. The average Bonchev–Trinajstić information content (AvgIpc) is 3.03. The lowest BCUT2D eigenvalue weighted by molar-refractivity contribution is 0.217. The molecule has 2 aromatic heterocycles. The summed E-state index contributed by atoms with van der Waals surface area (Å²) < 4.78 is 1.64. The van der Waals surface area contributed by atoms with E-state index < -0.39 is 0 Å². The first-order chi connectivity index (χ1) is 9.84. The number of hydrogen-bond acceptors (Lipinski definition) is 4. The molecule has 1 N–H and O–H groups in total. The van der Waals surface area contributed by atoms with Crippen LogP contribution >= 0.6 is 11.8 Å². The Morgan fingerprint density at radius 2 is 2.10 bits per heavy atom. The van der Waals surface area contributed by atoms with E-state index >= 15 is 0 Å². The highest BCUT2D eigenvalue weighted by Gasteiger charge is 2.18. The van der Waals surface area contributed by atoms with Crippen molar-refractivity contribution in [2.45, 2.75) is 0 Å². The van der Waals surface area contributed by atoms with Gasteiger partial charge in [-0.1, -0.05) is 0 Å². The number of hydrogen-bond donors (Lipinski definition) is 1. The summed E-state index contributed by atoms with van der Waals surface area (Å²) >= 11 is 1.88. The van der Waals surface area contributed by atoms with Crippen LogP contribution in [0.3, 0.4) is 0 Å². The zero-order valence-corrected chi connectivity index (χ0v) is 11.7. The third-order valence-corrected chi connectivity index (χ3v) is 3.99. The molecule has 0 aromatic carbocycles. The molecule has 2 aromatic rings. The van der Waals surface area contributed by atoms with Crippen LogP contribution in [0.5, 0.6) is 0 Å². The van der Waals surface area contributed by atoms with Crippen molar-refractivity contribution in [3.8, 4) is 5.82 Å². The molecule has 3 heterocycles. The number of urea groups is 1. The zero-order valence-electron chi connectivity index (χ0n) is 10.9. The monoisotopic (exact) mass is 289 g/mol. The van der Waals surface area contributed by atoms with Crippen LogP contribution in [0.2, 0.25) is 0 Å². The summed E-state index contributed by atoms with van der Waals surface area (Å²) in [7, 11) is 0. The van der Waals surface area contributed by atoms with Gasteiger partial charge in [-0.2, -0.15) is 16.9 Å². The average molecular weight is 289 g/mol. The lowest BCUT2D eigenvalue weighted by atomic mass is 10.4. The van der Waals surface area contributed by atoms with Crippen LogP contribution in [0.25, 0.3) is 5.82 Å². The molecular formula is C13H15N5OS. The Balaban J connectivity index is 1.79. The van der Waals surface area contributed by atoms with Crippen LogP contribution in [0.4, 0.5) is 10.5 Å². The summed E-state index contributed by atoms with van der Waals surface area (Å²) in [4.78, 5) is 18.3. The molecule has 0 atom stereocenters. The third-order valence-electron chi connectivity index (χ3n) is 3.05. The molecular weight excluding hydrogens is 274 g/mol. The van der Waals surface area contributed by atoms with Gasteiger partial charge in [-0.3, -0.25) is 0 Å². The summed E-state index contributed by atoms with van der Waals surface area (Å²) in [5.74, 6) is 2.61. The van der Waals surface area contributed by atoms with Crippen molar-refractivity contribution in [2.75, 3.05) is 29.9 Å². The highest BCUT2D eigenvalue weighted by atomic mass is 32.2. The fraction of sp³-hybridized carbons (Fsp3) is 0.308. The molecule has 1 saturated heterocycles. The number of aromatic nitrogens is 3. The second kappa shape index (κ2) is 5.96. The molecule has 20 heavy (non-hydrogen) atoms. The van der Waals surface area contributed by atoms with Gasteiger partial charge in [-0.05, 0) is 18.2 Å². The minimum atomic E-state index is -0.0771. The Morgan fingerprint density at radius 3 is 2.85 bits per heavy atom. The normalized spacial score (nSPS) is 15.1. The topological polar surface area (TPSA) is 63.1 Å². The lowest BCUT2D eigenvalue weighted by Gasteiger charge is -2.26. The molecule has 0 saturated carbocycles. The predicted octanol–water partition coefficient (Wildman–Crippen LogP) is 1.85. The minimum absolute atomic E-state index is 0.0771. The van der Waals surface area contributed by atoms with Crippen molar-refractivity contribution in [1.29, 1.82) is 0 Å². The smallest absolute Gasteiger partial charge is 0.322 e. The molecule has 0 radical (unpaired) electrons. The zero-order chi connectivity index (χ0) is 13.8. The molecule has 3 rings (SSSR count). The van der Waals surface area contributed by atoms with Crippen molar-refractivity contribution in [3.05, 3.63) is 36.8 Å². The molecule has 6 nitrogen and oxygen atoms in total. The Kier molecular flexibility index (Phi) is 3.87. The molecule has 0 spiro atoms. The van der Waals surface area contributed by atoms with E-state index in [-0.39, 0.29) is 6.03 Å². The third kappa shape index (κ3) is 2.77. The number of amides is 2. The second-order valence-electron chi connectivity index (χ2n) is 4.35. The van der Waals surface area contributed by atoms with Crippen LogP contribution in [0.15, 0.2) is 36.8 Å². The van der Waals surface area contributed by atoms with Gasteiger partial charge in [0.05, 0.1) is 5.69 Å². The van der Waals surface area contributed by atoms with Gasteiger partial charge in [-0.25, -0.2) is 14.5 Å². The summed E-state index contributed by atoms with van der Waals surface area (Å²) in [6, 6.07) is 5.38. The Hall–Kier alpha value is -2.02. The maximum atomic E-state index is 12.2. The van der Waals surface area contributed by atoms with Crippen LogP contribution in [-0.4, -0.2) is 50.3 Å². The first-order valence-electron chi connectivity index (χ1n) is 6.43. The van der Waals surface area contributed by atoms with E-state index in [0.717, 1.165) is 24.6 Å². The number of pyridine rings is 1. The highest BCUT2D eigenvalue weighted by molar-refractivity contribution is 7.99. The van der Waals surface area contributed by atoms with E-state index in [1.807, 2.05) is 28.8 Å². The van der Waals surface area contributed by atoms with Crippen LogP contribution in [0, 0.1) is 0 Å². The fourth-order valence-corrected chi connectivity index (χ4v) is 2.94. The van der Waals surface area contributed by atoms with E-state index in [1.165, 1.54) is 0 Å². The predicted molar refractivity (Wildman–Crippen MR) is 79.3 cm³/mol. The number of nitrogens with one attached hydrogen (secondary N) is 1.